The van der Waals surface area contributed by atoms with Crippen molar-refractivity contribution < 1.29 is 13.5 Å². The number of aromatic nitrogens is 2. The lowest BCUT2D eigenvalue weighted by molar-refractivity contribution is 0.107. The molecule has 0 saturated carbocycles. The van der Waals surface area contributed by atoms with Gasteiger partial charge in [-0.1, -0.05) is 6.07 Å². The molecule has 1 aliphatic rings. The van der Waals surface area contributed by atoms with Gasteiger partial charge in [0, 0.05) is 18.5 Å². The summed E-state index contributed by atoms with van der Waals surface area (Å²) in [6.45, 7) is 4.41. The van der Waals surface area contributed by atoms with Crippen LogP contribution in [0.5, 0.6) is 0 Å². The van der Waals surface area contributed by atoms with Crippen LogP contribution in [0.3, 0.4) is 0 Å². The van der Waals surface area contributed by atoms with E-state index in [-0.39, 0.29) is 12.1 Å². The number of hydrogen-bond donors (Lipinski definition) is 1. The Balaban J connectivity index is 1.80. The molecule has 0 spiro atoms. The zero-order valence-corrected chi connectivity index (χ0v) is 12.4. The van der Waals surface area contributed by atoms with Crippen molar-refractivity contribution >= 4 is 5.95 Å². The van der Waals surface area contributed by atoms with Crippen molar-refractivity contribution in [2.45, 2.75) is 32.4 Å². The van der Waals surface area contributed by atoms with Gasteiger partial charge in [0.05, 0.1) is 6.04 Å². The fourth-order valence-electron chi connectivity index (χ4n) is 2.52. The Kier molecular flexibility index (Phi) is 4.02. The van der Waals surface area contributed by atoms with E-state index in [0.717, 1.165) is 23.7 Å². The summed E-state index contributed by atoms with van der Waals surface area (Å²) < 4.78 is 32.1. The Hall–Kier alpha value is -2.08. The van der Waals surface area contributed by atoms with Gasteiger partial charge in [0.25, 0.3) is 0 Å². The van der Waals surface area contributed by atoms with E-state index in [9.17, 15) is 8.78 Å². The first-order valence-corrected chi connectivity index (χ1v) is 7.18. The molecule has 116 valence electrons. The van der Waals surface area contributed by atoms with E-state index in [0.29, 0.717) is 18.1 Å². The van der Waals surface area contributed by atoms with Gasteiger partial charge in [0.15, 0.2) is 11.6 Å². The molecule has 22 heavy (non-hydrogen) atoms. The Labute approximate surface area is 127 Å². The summed E-state index contributed by atoms with van der Waals surface area (Å²) in [6, 6.07) is 3.77. The summed E-state index contributed by atoms with van der Waals surface area (Å²) in [4.78, 5) is 8.63. The Bertz CT molecular complexity index is 693. The van der Waals surface area contributed by atoms with Gasteiger partial charge < -0.3 is 10.1 Å². The second-order valence-electron chi connectivity index (χ2n) is 5.47. The third kappa shape index (κ3) is 2.92. The first kappa shape index (κ1) is 14.8. The minimum absolute atomic E-state index is 0.0769. The maximum atomic E-state index is 13.4. The molecule has 2 aromatic rings. The van der Waals surface area contributed by atoms with Crippen LogP contribution in [-0.2, 0) is 4.74 Å². The average molecular weight is 305 g/mol. The van der Waals surface area contributed by atoms with Gasteiger partial charge in [-0.3, -0.25) is 0 Å². The number of ether oxygens (including phenoxy) is 1. The van der Waals surface area contributed by atoms with Crippen LogP contribution in [0.2, 0.25) is 0 Å². The van der Waals surface area contributed by atoms with Crippen LogP contribution in [0.4, 0.5) is 14.7 Å². The Morgan fingerprint density at radius 2 is 2.05 bits per heavy atom. The van der Waals surface area contributed by atoms with E-state index >= 15 is 0 Å². The summed E-state index contributed by atoms with van der Waals surface area (Å²) >= 11 is 0. The van der Waals surface area contributed by atoms with Gasteiger partial charge in [0.1, 0.15) is 6.10 Å². The van der Waals surface area contributed by atoms with Gasteiger partial charge in [-0.25, -0.2) is 18.7 Å². The van der Waals surface area contributed by atoms with Crippen LogP contribution in [0.1, 0.15) is 29.3 Å². The number of benzene rings is 1. The zero-order valence-electron chi connectivity index (χ0n) is 12.4. The van der Waals surface area contributed by atoms with Crippen LogP contribution >= 0.6 is 0 Å². The SMILES string of the molecule is Cc1cnc(NC2CCOC2c2ccc(F)c(F)c2)nc1C. The Morgan fingerprint density at radius 3 is 2.77 bits per heavy atom. The molecule has 1 saturated heterocycles. The molecular weight excluding hydrogens is 288 g/mol. The van der Waals surface area contributed by atoms with Crippen molar-refractivity contribution in [2.75, 3.05) is 11.9 Å². The first-order chi connectivity index (χ1) is 10.5. The molecule has 4 nitrogen and oxygen atoms in total. The van der Waals surface area contributed by atoms with E-state index in [1.807, 2.05) is 13.8 Å². The lowest BCUT2D eigenvalue weighted by Crippen LogP contribution is -2.24. The largest absolute Gasteiger partial charge is 0.371 e. The number of hydrogen-bond acceptors (Lipinski definition) is 4. The summed E-state index contributed by atoms with van der Waals surface area (Å²) in [5, 5.41) is 3.23. The van der Waals surface area contributed by atoms with Crippen molar-refractivity contribution in [3.05, 3.63) is 52.9 Å². The second kappa shape index (κ2) is 5.96. The monoisotopic (exact) mass is 305 g/mol. The van der Waals surface area contributed by atoms with E-state index in [1.165, 1.54) is 6.07 Å². The maximum Gasteiger partial charge on any atom is 0.223 e. The molecular formula is C16H17F2N3O. The van der Waals surface area contributed by atoms with Crippen molar-refractivity contribution in [3.8, 4) is 0 Å². The highest BCUT2D eigenvalue weighted by Crippen LogP contribution is 2.31. The highest BCUT2D eigenvalue weighted by molar-refractivity contribution is 5.33. The predicted molar refractivity (Wildman–Crippen MR) is 78.6 cm³/mol. The molecule has 3 rings (SSSR count). The van der Waals surface area contributed by atoms with Crippen LogP contribution in [0, 0.1) is 25.5 Å². The molecule has 0 amide bonds. The predicted octanol–water partition coefficient (Wildman–Crippen LogP) is 3.31. The van der Waals surface area contributed by atoms with Crippen molar-refractivity contribution in [1.29, 1.82) is 0 Å². The van der Waals surface area contributed by atoms with Crippen molar-refractivity contribution in [1.82, 2.24) is 9.97 Å². The molecule has 2 unspecified atom stereocenters. The summed E-state index contributed by atoms with van der Waals surface area (Å²) in [5.41, 5.74) is 2.53. The highest BCUT2D eigenvalue weighted by Gasteiger charge is 2.30. The quantitative estimate of drug-likeness (QED) is 0.945. The zero-order chi connectivity index (χ0) is 15.7. The number of nitrogens with one attached hydrogen (secondary N) is 1. The number of rotatable bonds is 3. The van der Waals surface area contributed by atoms with Gasteiger partial charge in [-0.15, -0.1) is 0 Å². The molecule has 2 heterocycles. The summed E-state index contributed by atoms with van der Waals surface area (Å²) in [5.74, 6) is -1.20. The highest BCUT2D eigenvalue weighted by atomic mass is 19.2. The second-order valence-corrected chi connectivity index (χ2v) is 5.47. The fourth-order valence-corrected chi connectivity index (χ4v) is 2.52. The van der Waals surface area contributed by atoms with Crippen molar-refractivity contribution in [2.24, 2.45) is 0 Å². The standard InChI is InChI=1S/C16H17F2N3O/c1-9-8-19-16(20-10(9)2)21-14-5-6-22-15(14)11-3-4-12(17)13(18)7-11/h3-4,7-8,14-15H,5-6H2,1-2H3,(H,19,20,21). The summed E-state index contributed by atoms with van der Waals surface area (Å²) in [7, 11) is 0. The van der Waals surface area contributed by atoms with E-state index in [4.69, 9.17) is 4.74 Å². The van der Waals surface area contributed by atoms with E-state index in [1.54, 1.807) is 12.3 Å². The third-order valence-electron chi connectivity index (χ3n) is 3.90. The first-order valence-electron chi connectivity index (χ1n) is 7.18. The lowest BCUT2D eigenvalue weighted by Gasteiger charge is -2.20. The van der Waals surface area contributed by atoms with Gasteiger partial charge >= 0.3 is 0 Å². The number of aryl methyl sites for hydroxylation is 2. The Morgan fingerprint density at radius 1 is 1.23 bits per heavy atom. The fraction of sp³-hybridized carbons (Fsp3) is 0.375. The van der Waals surface area contributed by atoms with E-state index < -0.39 is 11.6 Å². The molecule has 0 radical (unpaired) electrons. The van der Waals surface area contributed by atoms with Crippen LogP contribution in [0.15, 0.2) is 24.4 Å². The van der Waals surface area contributed by atoms with Crippen molar-refractivity contribution in [3.63, 3.8) is 0 Å². The lowest BCUT2D eigenvalue weighted by atomic mass is 10.0. The number of nitrogens with zero attached hydrogens (tertiary/aromatic N) is 2. The van der Waals surface area contributed by atoms with Gasteiger partial charge in [0.2, 0.25) is 5.95 Å². The maximum absolute atomic E-state index is 13.4. The molecule has 0 aliphatic carbocycles. The number of halogens is 2. The third-order valence-corrected chi connectivity index (χ3v) is 3.90. The number of anilines is 1. The molecule has 0 bridgehead atoms. The molecule has 1 aromatic carbocycles. The van der Waals surface area contributed by atoms with Crippen LogP contribution in [-0.4, -0.2) is 22.6 Å². The van der Waals surface area contributed by atoms with E-state index in [2.05, 4.69) is 15.3 Å². The molecule has 1 N–H and O–H groups in total. The van der Waals surface area contributed by atoms with Gasteiger partial charge in [-0.05, 0) is 43.5 Å². The van der Waals surface area contributed by atoms with Gasteiger partial charge in [-0.2, -0.15) is 0 Å². The minimum Gasteiger partial charge on any atom is -0.371 e. The molecule has 1 aromatic heterocycles. The minimum atomic E-state index is -0.866. The topological polar surface area (TPSA) is 47.0 Å². The molecule has 1 aliphatic heterocycles. The average Bonchev–Trinajstić information content (AvgIpc) is 2.94. The van der Waals surface area contributed by atoms with Crippen LogP contribution < -0.4 is 5.32 Å². The molecule has 2 atom stereocenters. The molecule has 1 fully saturated rings. The summed E-state index contributed by atoms with van der Waals surface area (Å²) in [6.07, 6.45) is 2.16. The normalized spacial score (nSPS) is 21.1. The molecule has 6 heteroatoms. The van der Waals surface area contributed by atoms with Crippen LogP contribution in [0.25, 0.3) is 0 Å². The smallest absolute Gasteiger partial charge is 0.223 e.